The Bertz CT molecular complexity index is 462. The van der Waals surface area contributed by atoms with E-state index in [0.29, 0.717) is 12.1 Å². The topological polar surface area (TPSA) is 97.2 Å². The van der Waals surface area contributed by atoms with Crippen molar-refractivity contribution in [2.45, 2.75) is 26.8 Å². The van der Waals surface area contributed by atoms with Crippen molar-refractivity contribution in [1.82, 2.24) is 10.3 Å². The summed E-state index contributed by atoms with van der Waals surface area (Å²) in [5.41, 5.74) is 0.397. The normalized spacial score (nSPS) is 11.7. The first-order chi connectivity index (χ1) is 8.47. The highest BCUT2D eigenvalue weighted by Crippen LogP contribution is 2.25. The molecule has 0 aliphatic rings. The molecule has 7 nitrogen and oxygen atoms in total. The summed E-state index contributed by atoms with van der Waals surface area (Å²) in [4.78, 5) is 25.9. The fourth-order valence-electron chi connectivity index (χ4n) is 1.48. The fraction of sp³-hybridized carbons (Fsp3) is 0.455. The summed E-state index contributed by atoms with van der Waals surface area (Å²) in [6.07, 6.45) is 1.47. The van der Waals surface area contributed by atoms with E-state index in [-0.39, 0.29) is 17.4 Å². The van der Waals surface area contributed by atoms with Gasteiger partial charge < -0.3 is 10.6 Å². The number of carbonyl (C=O) groups is 1. The van der Waals surface area contributed by atoms with Gasteiger partial charge in [0, 0.05) is 18.3 Å². The third-order valence-electron chi connectivity index (χ3n) is 2.41. The summed E-state index contributed by atoms with van der Waals surface area (Å²) in [5.74, 6) is -0.117. The number of hydrogen-bond acceptors (Lipinski definition) is 5. The van der Waals surface area contributed by atoms with Crippen LogP contribution in [0.2, 0.25) is 0 Å². The molecule has 1 heterocycles. The quantitative estimate of drug-likeness (QED) is 0.607. The maximum atomic E-state index is 11.5. The van der Waals surface area contributed by atoms with Crippen LogP contribution in [0.5, 0.6) is 0 Å². The SMILES string of the molecule is CCNC(=O)C(C)Nc1nccc(C)c1[N+](=O)[O-]. The zero-order valence-corrected chi connectivity index (χ0v) is 10.6. The molecule has 1 atom stereocenters. The van der Waals surface area contributed by atoms with Crippen molar-refractivity contribution in [2.75, 3.05) is 11.9 Å². The van der Waals surface area contributed by atoms with Crippen molar-refractivity contribution < 1.29 is 9.72 Å². The molecule has 0 aliphatic carbocycles. The molecule has 7 heteroatoms. The molecule has 2 N–H and O–H groups in total. The average Bonchev–Trinajstić information content (AvgIpc) is 2.28. The second kappa shape index (κ2) is 5.95. The Morgan fingerprint density at radius 3 is 2.83 bits per heavy atom. The molecule has 0 aromatic carbocycles. The summed E-state index contributed by atoms with van der Waals surface area (Å²) < 4.78 is 0. The first kappa shape index (κ1) is 13.9. The van der Waals surface area contributed by atoms with Gasteiger partial charge in [0.1, 0.15) is 6.04 Å². The Morgan fingerprint density at radius 2 is 2.28 bits per heavy atom. The molecular formula is C11H16N4O3. The van der Waals surface area contributed by atoms with Crippen LogP contribution in [0.25, 0.3) is 0 Å². The van der Waals surface area contributed by atoms with Gasteiger partial charge in [0.25, 0.3) is 0 Å². The van der Waals surface area contributed by atoms with Gasteiger partial charge in [0.15, 0.2) is 0 Å². The standard InChI is InChI=1S/C11H16N4O3/c1-4-12-11(16)8(3)14-10-9(15(17)18)7(2)5-6-13-10/h5-6,8H,4H2,1-3H3,(H,12,16)(H,13,14). The molecule has 0 saturated heterocycles. The third kappa shape index (κ3) is 3.16. The van der Waals surface area contributed by atoms with Gasteiger partial charge in [-0.1, -0.05) is 0 Å². The number of carbonyl (C=O) groups excluding carboxylic acids is 1. The first-order valence-corrected chi connectivity index (χ1v) is 5.61. The number of amides is 1. The molecule has 98 valence electrons. The van der Waals surface area contributed by atoms with Crippen LogP contribution in [-0.4, -0.2) is 28.4 Å². The Kier molecular flexibility index (Phi) is 4.59. The van der Waals surface area contributed by atoms with Crippen LogP contribution in [0.3, 0.4) is 0 Å². The Labute approximate surface area is 105 Å². The van der Waals surface area contributed by atoms with Gasteiger partial charge in [-0.05, 0) is 26.8 Å². The van der Waals surface area contributed by atoms with Crippen LogP contribution in [0.1, 0.15) is 19.4 Å². The van der Waals surface area contributed by atoms with E-state index < -0.39 is 11.0 Å². The van der Waals surface area contributed by atoms with Crippen LogP contribution >= 0.6 is 0 Å². The van der Waals surface area contributed by atoms with Gasteiger partial charge in [0.2, 0.25) is 11.7 Å². The van der Waals surface area contributed by atoms with Gasteiger partial charge in [-0.25, -0.2) is 4.98 Å². The van der Waals surface area contributed by atoms with Gasteiger partial charge >= 0.3 is 5.69 Å². The van der Waals surface area contributed by atoms with E-state index in [1.165, 1.54) is 6.20 Å². The average molecular weight is 252 g/mol. The molecule has 1 aromatic heterocycles. The van der Waals surface area contributed by atoms with Crippen molar-refractivity contribution in [3.05, 3.63) is 27.9 Å². The third-order valence-corrected chi connectivity index (χ3v) is 2.41. The van der Waals surface area contributed by atoms with Crippen LogP contribution in [0.15, 0.2) is 12.3 Å². The van der Waals surface area contributed by atoms with E-state index >= 15 is 0 Å². The number of aromatic nitrogens is 1. The molecular weight excluding hydrogens is 236 g/mol. The van der Waals surface area contributed by atoms with Crippen molar-refractivity contribution in [3.63, 3.8) is 0 Å². The monoisotopic (exact) mass is 252 g/mol. The molecule has 0 bridgehead atoms. The lowest BCUT2D eigenvalue weighted by Gasteiger charge is -2.14. The summed E-state index contributed by atoms with van der Waals surface area (Å²) >= 11 is 0. The number of nitrogens with zero attached hydrogens (tertiary/aromatic N) is 2. The van der Waals surface area contributed by atoms with E-state index in [1.54, 1.807) is 26.8 Å². The number of likely N-dealkylation sites (N-methyl/N-ethyl adjacent to an activating group) is 1. The molecule has 1 rings (SSSR count). The highest BCUT2D eigenvalue weighted by atomic mass is 16.6. The van der Waals surface area contributed by atoms with E-state index in [1.807, 2.05) is 0 Å². The minimum Gasteiger partial charge on any atom is -0.355 e. The van der Waals surface area contributed by atoms with Crippen molar-refractivity contribution >= 4 is 17.4 Å². The molecule has 0 fully saturated rings. The van der Waals surface area contributed by atoms with Crippen molar-refractivity contribution in [2.24, 2.45) is 0 Å². The Hall–Kier alpha value is -2.18. The predicted octanol–water partition coefficient (Wildman–Crippen LogP) is 1.23. The number of pyridine rings is 1. The number of hydrogen-bond donors (Lipinski definition) is 2. The van der Waals surface area contributed by atoms with Crippen molar-refractivity contribution in [1.29, 1.82) is 0 Å². The maximum absolute atomic E-state index is 11.5. The van der Waals surface area contributed by atoms with Crippen LogP contribution in [0.4, 0.5) is 11.5 Å². The smallest absolute Gasteiger partial charge is 0.314 e. The number of aryl methyl sites for hydroxylation is 1. The number of anilines is 1. The highest BCUT2D eigenvalue weighted by molar-refractivity contribution is 5.84. The zero-order valence-electron chi connectivity index (χ0n) is 10.6. The van der Waals surface area contributed by atoms with E-state index in [0.717, 1.165) is 0 Å². The van der Waals surface area contributed by atoms with Crippen LogP contribution < -0.4 is 10.6 Å². The minimum absolute atomic E-state index is 0.103. The summed E-state index contributed by atoms with van der Waals surface area (Å²) in [6, 6.07) is 0.970. The summed E-state index contributed by atoms with van der Waals surface area (Å²) in [6.45, 7) is 5.56. The minimum atomic E-state index is -0.585. The second-order valence-corrected chi connectivity index (χ2v) is 3.84. The van der Waals surface area contributed by atoms with Crippen molar-refractivity contribution in [3.8, 4) is 0 Å². The van der Waals surface area contributed by atoms with Crippen LogP contribution in [-0.2, 0) is 4.79 Å². The molecule has 1 unspecified atom stereocenters. The van der Waals surface area contributed by atoms with E-state index in [4.69, 9.17) is 0 Å². The second-order valence-electron chi connectivity index (χ2n) is 3.84. The lowest BCUT2D eigenvalue weighted by molar-refractivity contribution is -0.384. The lowest BCUT2D eigenvalue weighted by Crippen LogP contribution is -2.37. The van der Waals surface area contributed by atoms with Gasteiger partial charge in [-0.2, -0.15) is 0 Å². The van der Waals surface area contributed by atoms with Gasteiger partial charge in [-0.15, -0.1) is 0 Å². The van der Waals surface area contributed by atoms with Gasteiger partial charge in [-0.3, -0.25) is 14.9 Å². The zero-order chi connectivity index (χ0) is 13.7. The van der Waals surface area contributed by atoms with E-state index in [9.17, 15) is 14.9 Å². The number of nitrogens with one attached hydrogen (secondary N) is 2. The summed E-state index contributed by atoms with van der Waals surface area (Å²) in [7, 11) is 0. The summed E-state index contributed by atoms with van der Waals surface area (Å²) in [5, 5.41) is 16.3. The molecule has 0 radical (unpaired) electrons. The fourth-order valence-corrected chi connectivity index (χ4v) is 1.48. The van der Waals surface area contributed by atoms with Crippen LogP contribution in [0, 0.1) is 17.0 Å². The largest absolute Gasteiger partial charge is 0.355 e. The molecule has 1 amide bonds. The first-order valence-electron chi connectivity index (χ1n) is 5.61. The molecule has 0 spiro atoms. The maximum Gasteiger partial charge on any atom is 0.314 e. The number of rotatable bonds is 5. The Morgan fingerprint density at radius 1 is 1.61 bits per heavy atom. The molecule has 0 saturated carbocycles. The molecule has 0 aliphatic heterocycles. The molecule has 1 aromatic rings. The highest BCUT2D eigenvalue weighted by Gasteiger charge is 2.21. The Balaban J connectivity index is 2.94. The molecule has 18 heavy (non-hydrogen) atoms. The lowest BCUT2D eigenvalue weighted by atomic mass is 10.2. The number of nitro groups is 1. The predicted molar refractivity (Wildman–Crippen MR) is 67.4 cm³/mol. The van der Waals surface area contributed by atoms with Gasteiger partial charge in [0.05, 0.1) is 4.92 Å². The van der Waals surface area contributed by atoms with E-state index in [2.05, 4.69) is 15.6 Å².